The number of rotatable bonds is 77. The van der Waals surface area contributed by atoms with Crippen molar-refractivity contribution in [2.24, 2.45) is 0 Å². The van der Waals surface area contributed by atoms with Crippen molar-refractivity contribution in [2.75, 3.05) is 39.6 Å². The van der Waals surface area contributed by atoms with E-state index in [-0.39, 0.29) is 25.7 Å². The number of ether oxygens (including phenoxy) is 4. The van der Waals surface area contributed by atoms with Gasteiger partial charge in [-0.3, -0.25) is 37.3 Å². The van der Waals surface area contributed by atoms with Crippen molar-refractivity contribution in [3.63, 3.8) is 0 Å². The van der Waals surface area contributed by atoms with Crippen LogP contribution in [0.5, 0.6) is 0 Å². The van der Waals surface area contributed by atoms with Gasteiger partial charge in [0.1, 0.15) is 19.3 Å². The van der Waals surface area contributed by atoms with Crippen molar-refractivity contribution in [2.45, 2.75) is 354 Å². The molecule has 0 bridgehead atoms. The van der Waals surface area contributed by atoms with Gasteiger partial charge in [-0.05, 0) is 141 Å². The summed E-state index contributed by atoms with van der Waals surface area (Å²) in [4.78, 5) is 73.1. The first kappa shape index (κ1) is 101. The van der Waals surface area contributed by atoms with Gasteiger partial charge in [0.25, 0.3) is 0 Å². The second kappa shape index (κ2) is 78.3. The number of carbonyl (C=O) groups is 4. The fourth-order valence-electron chi connectivity index (χ4n) is 10.9. The maximum atomic E-state index is 13.1. The van der Waals surface area contributed by atoms with Crippen LogP contribution >= 0.6 is 15.6 Å². The smallest absolute Gasteiger partial charge is 0.462 e. The van der Waals surface area contributed by atoms with Gasteiger partial charge in [-0.2, -0.15) is 0 Å². The quantitative estimate of drug-likeness (QED) is 0.0169. The summed E-state index contributed by atoms with van der Waals surface area (Å²) >= 11 is 0. The average Bonchev–Trinajstić information content (AvgIpc) is 1.23. The average molecular weight is 1530 g/mol. The molecule has 106 heavy (non-hydrogen) atoms. The van der Waals surface area contributed by atoms with E-state index in [0.717, 1.165) is 161 Å². The summed E-state index contributed by atoms with van der Waals surface area (Å²) in [5.41, 5.74) is 0. The standard InChI is InChI=1S/C87H148O17P2/c1-5-9-13-17-21-25-29-33-36-38-40-42-45-49-53-57-61-65-69-73-86(91)103-82(77-97-84(89)71-67-63-59-55-51-47-32-28-24-20-16-12-8-4)79-101-105(93,94)99-75-81(88)76-100-106(95,96)102-80-83(78-98-85(90)72-68-64-60-56-52-48-44-35-31-27-23-19-15-11-7-3)104-87(92)74-70-66-62-58-54-50-46-43-41-39-37-34-30-26-22-18-14-10-6-2/h9-10,13-14,21-22,25-26,33-37,40-44,49-50,53-54,81-83,88H,5-8,11-12,15-20,23-24,27-32,38-39,45-48,51-52,55-80H2,1-4H3,(H,93,94)(H,95,96)/b13-9-,14-10-,25-21-,26-22-,36-33-,37-34-,42-40-,43-41-,44-35-,53-49-,54-50-/t81-,82+,83+/m0/s1. The van der Waals surface area contributed by atoms with Crippen LogP contribution in [-0.2, 0) is 65.4 Å². The summed E-state index contributed by atoms with van der Waals surface area (Å²) in [7, 11) is -9.99. The number of aliphatic hydroxyl groups is 1. The molecule has 0 heterocycles. The third kappa shape index (κ3) is 77.4. The molecule has 0 fully saturated rings. The van der Waals surface area contributed by atoms with E-state index in [1.54, 1.807) is 0 Å². The number of hydrogen-bond acceptors (Lipinski definition) is 15. The van der Waals surface area contributed by atoms with Gasteiger partial charge in [0.15, 0.2) is 12.2 Å². The largest absolute Gasteiger partial charge is 0.472 e. The molecule has 0 amide bonds. The normalized spacial score (nSPS) is 14.5. The van der Waals surface area contributed by atoms with E-state index < -0.39 is 97.5 Å². The number of phosphoric ester groups is 2. The minimum Gasteiger partial charge on any atom is -0.462 e. The molecular formula is C87H148O17P2. The third-order valence-corrected chi connectivity index (χ3v) is 19.0. The number of hydrogen-bond donors (Lipinski definition) is 3. The van der Waals surface area contributed by atoms with E-state index in [0.29, 0.717) is 25.7 Å². The lowest BCUT2D eigenvalue weighted by Crippen LogP contribution is -2.30. The highest BCUT2D eigenvalue weighted by atomic mass is 31.2. The van der Waals surface area contributed by atoms with Crippen molar-refractivity contribution in [3.8, 4) is 0 Å². The van der Waals surface area contributed by atoms with Gasteiger partial charge in [0.05, 0.1) is 26.4 Å². The first-order valence-electron chi connectivity index (χ1n) is 41.4. The van der Waals surface area contributed by atoms with Crippen molar-refractivity contribution >= 4 is 39.5 Å². The van der Waals surface area contributed by atoms with E-state index in [4.69, 9.17) is 37.0 Å². The van der Waals surface area contributed by atoms with Crippen LogP contribution in [0, 0.1) is 0 Å². The maximum absolute atomic E-state index is 13.1. The van der Waals surface area contributed by atoms with Crippen LogP contribution in [0.3, 0.4) is 0 Å². The van der Waals surface area contributed by atoms with Crippen LogP contribution in [0.1, 0.15) is 336 Å². The molecule has 17 nitrogen and oxygen atoms in total. The number of carbonyl (C=O) groups excluding carboxylic acids is 4. The maximum Gasteiger partial charge on any atom is 0.472 e. The third-order valence-electron chi connectivity index (χ3n) is 17.1. The highest BCUT2D eigenvalue weighted by Gasteiger charge is 2.30. The second-order valence-electron chi connectivity index (χ2n) is 27.3. The number of allylic oxidation sites excluding steroid dienone is 22. The Labute approximate surface area is 644 Å². The molecule has 0 saturated carbocycles. The Hall–Kier alpha value is -4.80. The van der Waals surface area contributed by atoms with Gasteiger partial charge < -0.3 is 33.8 Å². The van der Waals surface area contributed by atoms with Crippen molar-refractivity contribution < 1.29 is 80.2 Å². The van der Waals surface area contributed by atoms with Gasteiger partial charge in [-0.15, -0.1) is 0 Å². The lowest BCUT2D eigenvalue weighted by atomic mass is 10.0. The fourth-order valence-corrected chi connectivity index (χ4v) is 12.4. The van der Waals surface area contributed by atoms with Crippen LogP contribution in [-0.4, -0.2) is 96.7 Å². The molecule has 0 aromatic heterocycles. The van der Waals surface area contributed by atoms with E-state index in [9.17, 15) is 43.2 Å². The molecule has 0 aromatic carbocycles. The molecule has 19 heteroatoms. The summed E-state index contributed by atoms with van der Waals surface area (Å²) in [6, 6.07) is 0. The van der Waals surface area contributed by atoms with Gasteiger partial charge in [-0.1, -0.05) is 303 Å². The first-order valence-corrected chi connectivity index (χ1v) is 44.4. The number of esters is 4. The molecular weight excluding hydrogens is 1380 g/mol. The Balaban J connectivity index is 5.44. The van der Waals surface area contributed by atoms with Crippen LogP contribution in [0.4, 0.5) is 0 Å². The van der Waals surface area contributed by atoms with E-state index in [1.807, 2.05) is 0 Å². The molecule has 0 aliphatic carbocycles. The highest BCUT2D eigenvalue weighted by molar-refractivity contribution is 7.47. The van der Waals surface area contributed by atoms with Crippen LogP contribution < -0.4 is 0 Å². The molecule has 608 valence electrons. The predicted octanol–water partition coefficient (Wildman–Crippen LogP) is 24.4. The molecule has 5 atom stereocenters. The Bertz CT molecular complexity index is 2530. The highest BCUT2D eigenvalue weighted by Crippen LogP contribution is 2.45. The predicted molar refractivity (Wildman–Crippen MR) is 436 cm³/mol. The molecule has 0 radical (unpaired) electrons. The van der Waals surface area contributed by atoms with Crippen molar-refractivity contribution in [1.82, 2.24) is 0 Å². The summed E-state index contributed by atoms with van der Waals surface area (Å²) < 4.78 is 68.7. The zero-order valence-corrected chi connectivity index (χ0v) is 68.4. The molecule has 0 aliphatic rings. The fraction of sp³-hybridized carbons (Fsp3) is 0.701. The molecule has 3 N–H and O–H groups in total. The Morgan fingerprint density at radius 2 is 0.491 bits per heavy atom. The summed E-state index contributed by atoms with van der Waals surface area (Å²) in [6.07, 6.45) is 88.5. The number of phosphoric acid groups is 2. The number of aliphatic hydroxyl groups excluding tert-OH is 1. The Kier molecular flexibility index (Phi) is 74.8. The molecule has 0 spiro atoms. The SMILES string of the molecule is CC/C=C\C/C=C\C/C=C\C/C=C\C/C=C\CCCCCC(=O)O[C@H](COC(=O)CCCCCCC/C=C\CCCCCCCC)COP(=O)(O)OC[C@@H](O)COP(=O)(O)OC[C@@H](COC(=O)CCCCCCCCCCCCCCC)OC(=O)CCCCC/C=C\C/C=C\C/C=C\C/C=C\C/C=C\CC. The first-order chi connectivity index (χ1) is 51.7. The van der Waals surface area contributed by atoms with Crippen molar-refractivity contribution in [1.29, 1.82) is 0 Å². The lowest BCUT2D eigenvalue weighted by Gasteiger charge is -2.21. The monoisotopic (exact) mass is 1530 g/mol. The van der Waals surface area contributed by atoms with E-state index in [2.05, 4.69) is 161 Å². The Morgan fingerprint density at radius 3 is 0.774 bits per heavy atom. The van der Waals surface area contributed by atoms with Crippen LogP contribution in [0.25, 0.3) is 0 Å². The summed E-state index contributed by atoms with van der Waals surface area (Å²) in [5.74, 6) is -2.25. The van der Waals surface area contributed by atoms with E-state index in [1.165, 1.54) is 96.3 Å². The molecule has 0 aliphatic heterocycles. The van der Waals surface area contributed by atoms with Gasteiger partial charge in [0, 0.05) is 25.7 Å². The number of unbranched alkanes of at least 4 members (excludes halogenated alkanes) is 29. The van der Waals surface area contributed by atoms with E-state index >= 15 is 0 Å². The summed E-state index contributed by atoms with van der Waals surface area (Å²) in [5, 5.41) is 10.7. The second-order valence-corrected chi connectivity index (χ2v) is 30.2. The van der Waals surface area contributed by atoms with Gasteiger partial charge in [-0.25, -0.2) is 9.13 Å². The topological polar surface area (TPSA) is 237 Å². The minimum atomic E-state index is -5.00. The molecule has 0 aromatic rings. The van der Waals surface area contributed by atoms with Crippen LogP contribution in [0.2, 0.25) is 0 Å². The van der Waals surface area contributed by atoms with Gasteiger partial charge >= 0.3 is 39.5 Å². The zero-order valence-electron chi connectivity index (χ0n) is 66.6. The zero-order chi connectivity index (χ0) is 77.4. The van der Waals surface area contributed by atoms with Gasteiger partial charge in [0.2, 0.25) is 0 Å². The molecule has 0 rings (SSSR count). The minimum absolute atomic E-state index is 0.0513. The van der Waals surface area contributed by atoms with Crippen LogP contribution in [0.15, 0.2) is 134 Å². The summed E-state index contributed by atoms with van der Waals surface area (Å²) in [6.45, 7) is 4.59. The molecule has 2 unspecified atom stereocenters. The molecule has 0 saturated heterocycles. The Morgan fingerprint density at radius 1 is 0.274 bits per heavy atom. The van der Waals surface area contributed by atoms with Crippen molar-refractivity contribution in [3.05, 3.63) is 134 Å². The lowest BCUT2D eigenvalue weighted by molar-refractivity contribution is -0.161.